The molecular formula is C30H29N9O2. The molecule has 1 aromatic carbocycles. The Bertz CT molecular complexity index is 1780. The van der Waals surface area contributed by atoms with Crippen molar-refractivity contribution in [2.24, 2.45) is 5.41 Å². The second kappa shape index (κ2) is 9.84. The van der Waals surface area contributed by atoms with Crippen LogP contribution in [0.1, 0.15) is 18.4 Å². The molecule has 0 aliphatic carbocycles. The highest BCUT2D eigenvalue weighted by Gasteiger charge is 2.45. The first-order chi connectivity index (χ1) is 20.0. The molecule has 4 aromatic heterocycles. The summed E-state index contributed by atoms with van der Waals surface area (Å²) in [7, 11) is 0. The Morgan fingerprint density at radius 3 is 2.71 bits per heavy atom. The number of anilines is 3. The number of amides is 1. The highest BCUT2D eigenvalue weighted by molar-refractivity contribution is 5.88. The SMILES string of the molecule is C=CC(=O)N1CCC2(CC1)CN(c1ccc3ncnc(Nc4ccc(Oc5ccn6ncnc6c5)c(C)c4)c3n1)C2. The Morgan fingerprint density at radius 2 is 1.90 bits per heavy atom. The summed E-state index contributed by atoms with van der Waals surface area (Å²) in [5.74, 6) is 3.02. The topological polar surface area (TPSA) is 114 Å². The Morgan fingerprint density at radius 1 is 1.05 bits per heavy atom. The van der Waals surface area contributed by atoms with Crippen LogP contribution in [0, 0.1) is 12.3 Å². The molecular weight excluding hydrogens is 518 g/mol. The van der Waals surface area contributed by atoms with Crippen molar-refractivity contribution < 1.29 is 9.53 Å². The molecule has 5 aromatic rings. The average molecular weight is 548 g/mol. The first-order valence-corrected chi connectivity index (χ1v) is 13.6. The lowest BCUT2D eigenvalue weighted by Gasteiger charge is -2.54. The molecule has 41 heavy (non-hydrogen) atoms. The highest BCUT2D eigenvalue weighted by Crippen LogP contribution is 2.42. The van der Waals surface area contributed by atoms with Crippen molar-refractivity contribution in [1.82, 2.24) is 34.4 Å². The number of fused-ring (bicyclic) bond motifs is 2. The van der Waals surface area contributed by atoms with Crippen LogP contribution in [-0.2, 0) is 4.79 Å². The summed E-state index contributed by atoms with van der Waals surface area (Å²) in [6.07, 6.45) is 8.29. The van der Waals surface area contributed by atoms with Gasteiger partial charge in [0.05, 0.1) is 5.52 Å². The van der Waals surface area contributed by atoms with Crippen LogP contribution in [-0.4, -0.2) is 66.5 Å². The van der Waals surface area contributed by atoms with Gasteiger partial charge in [0.1, 0.15) is 35.5 Å². The van der Waals surface area contributed by atoms with Crippen molar-refractivity contribution in [2.45, 2.75) is 19.8 Å². The fourth-order valence-electron chi connectivity index (χ4n) is 5.74. The molecule has 1 amide bonds. The summed E-state index contributed by atoms with van der Waals surface area (Å²) < 4.78 is 7.81. The lowest BCUT2D eigenvalue weighted by molar-refractivity contribution is -0.128. The Kier molecular flexibility index (Phi) is 5.99. The van der Waals surface area contributed by atoms with Crippen LogP contribution in [0.5, 0.6) is 11.5 Å². The van der Waals surface area contributed by atoms with Crippen molar-refractivity contribution in [2.75, 3.05) is 36.4 Å². The maximum Gasteiger partial charge on any atom is 0.245 e. The van der Waals surface area contributed by atoms with Crippen LogP contribution in [0.15, 0.2) is 74.0 Å². The Hall–Kier alpha value is -5.06. The zero-order valence-electron chi connectivity index (χ0n) is 22.7. The van der Waals surface area contributed by atoms with Crippen LogP contribution in [0.3, 0.4) is 0 Å². The summed E-state index contributed by atoms with van der Waals surface area (Å²) in [6, 6.07) is 13.6. The second-order valence-electron chi connectivity index (χ2n) is 10.8. The van der Waals surface area contributed by atoms with Crippen molar-refractivity contribution in [3.63, 3.8) is 0 Å². The van der Waals surface area contributed by atoms with Crippen LogP contribution in [0.25, 0.3) is 16.7 Å². The number of nitrogens with zero attached hydrogens (tertiary/aromatic N) is 8. The van der Waals surface area contributed by atoms with E-state index >= 15 is 0 Å². The number of piperidine rings is 1. The van der Waals surface area contributed by atoms with Gasteiger partial charge >= 0.3 is 0 Å². The maximum atomic E-state index is 12.0. The first kappa shape index (κ1) is 24.9. The van der Waals surface area contributed by atoms with E-state index in [9.17, 15) is 4.79 Å². The van der Waals surface area contributed by atoms with E-state index < -0.39 is 0 Å². The maximum absolute atomic E-state index is 12.0. The molecule has 0 atom stereocenters. The van der Waals surface area contributed by atoms with Gasteiger partial charge in [0.2, 0.25) is 5.91 Å². The number of aryl methyl sites for hydroxylation is 1. The van der Waals surface area contributed by atoms with E-state index in [1.54, 1.807) is 10.8 Å². The van der Waals surface area contributed by atoms with Crippen LogP contribution < -0.4 is 15.0 Å². The Balaban J connectivity index is 1.06. The van der Waals surface area contributed by atoms with Crippen LogP contribution in [0.2, 0.25) is 0 Å². The molecule has 1 N–H and O–H groups in total. The fourth-order valence-corrected chi connectivity index (χ4v) is 5.74. The molecule has 11 heteroatoms. The van der Waals surface area contributed by atoms with E-state index in [0.717, 1.165) is 78.5 Å². The van der Waals surface area contributed by atoms with Crippen molar-refractivity contribution >= 4 is 39.9 Å². The lowest BCUT2D eigenvalue weighted by Crippen LogP contribution is -2.61. The molecule has 0 bridgehead atoms. The third kappa shape index (κ3) is 4.69. The third-order valence-corrected chi connectivity index (χ3v) is 8.07. The number of hydrogen-bond donors (Lipinski definition) is 1. The summed E-state index contributed by atoms with van der Waals surface area (Å²) in [6.45, 7) is 9.05. The summed E-state index contributed by atoms with van der Waals surface area (Å²) in [5.41, 5.74) is 4.30. The monoisotopic (exact) mass is 547 g/mol. The molecule has 1 spiro atoms. The smallest absolute Gasteiger partial charge is 0.245 e. The molecule has 2 aliphatic rings. The molecule has 0 saturated carbocycles. The predicted molar refractivity (Wildman–Crippen MR) is 156 cm³/mol. The van der Waals surface area contributed by atoms with Gasteiger partial charge in [-0.3, -0.25) is 4.79 Å². The van der Waals surface area contributed by atoms with Crippen LogP contribution in [0.4, 0.5) is 17.3 Å². The molecule has 6 heterocycles. The summed E-state index contributed by atoms with van der Waals surface area (Å²) in [5, 5.41) is 7.54. The minimum atomic E-state index is 0.0229. The number of hydrogen-bond acceptors (Lipinski definition) is 9. The van der Waals surface area contributed by atoms with Gasteiger partial charge in [0.25, 0.3) is 0 Å². The number of pyridine rings is 2. The van der Waals surface area contributed by atoms with Gasteiger partial charge in [-0.1, -0.05) is 6.58 Å². The molecule has 7 rings (SSSR count). The number of ether oxygens (including phenoxy) is 1. The molecule has 206 valence electrons. The number of carbonyl (C=O) groups is 1. The molecule has 0 unspecified atom stereocenters. The van der Waals surface area contributed by atoms with E-state index in [2.05, 4.69) is 36.8 Å². The number of rotatable bonds is 6. The quantitative estimate of drug-likeness (QED) is 0.306. The van der Waals surface area contributed by atoms with Crippen molar-refractivity contribution in [3.8, 4) is 11.5 Å². The standard InChI is InChI=1S/C30H29N9O2/c1-3-27(40)37-12-9-30(10-13-37)16-38(17-30)25-7-5-23-28(36-25)29(33-18-31-23)35-21-4-6-24(20(2)14-21)41-22-8-11-39-26(15-22)32-19-34-39/h3-8,11,14-15,18-19H,1,9-10,12-13,16-17H2,2H3,(H,31,33,35). The minimum absolute atomic E-state index is 0.0229. The number of nitrogens with one attached hydrogen (secondary N) is 1. The summed E-state index contributed by atoms with van der Waals surface area (Å²) >= 11 is 0. The molecule has 2 saturated heterocycles. The number of likely N-dealkylation sites (tertiary alicyclic amines) is 1. The normalized spacial score (nSPS) is 16.1. The van der Waals surface area contributed by atoms with Gasteiger partial charge in [-0.05, 0) is 67.8 Å². The molecule has 2 aliphatic heterocycles. The number of carbonyl (C=O) groups excluding carboxylic acids is 1. The van der Waals surface area contributed by atoms with Crippen molar-refractivity contribution in [3.05, 3.63) is 79.5 Å². The van der Waals surface area contributed by atoms with E-state index in [-0.39, 0.29) is 11.3 Å². The first-order valence-electron chi connectivity index (χ1n) is 13.6. The minimum Gasteiger partial charge on any atom is -0.457 e. The Labute approximate surface area is 236 Å². The largest absolute Gasteiger partial charge is 0.457 e. The van der Waals surface area contributed by atoms with E-state index in [1.807, 2.05) is 60.5 Å². The van der Waals surface area contributed by atoms with Gasteiger partial charge in [0.15, 0.2) is 11.5 Å². The van der Waals surface area contributed by atoms with Gasteiger partial charge < -0.3 is 19.9 Å². The van der Waals surface area contributed by atoms with Gasteiger partial charge in [-0.25, -0.2) is 24.5 Å². The number of aromatic nitrogens is 6. The van der Waals surface area contributed by atoms with E-state index in [1.165, 1.54) is 12.4 Å². The molecule has 0 radical (unpaired) electrons. The van der Waals surface area contributed by atoms with Gasteiger partial charge in [-0.15, -0.1) is 0 Å². The van der Waals surface area contributed by atoms with E-state index in [0.29, 0.717) is 11.6 Å². The number of benzene rings is 1. The molecule has 11 nitrogen and oxygen atoms in total. The highest BCUT2D eigenvalue weighted by atomic mass is 16.5. The zero-order chi connectivity index (χ0) is 28.0. The van der Waals surface area contributed by atoms with Gasteiger partial charge in [0, 0.05) is 49.5 Å². The van der Waals surface area contributed by atoms with Crippen LogP contribution >= 0.6 is 0 Å². The third-order valence-electron chi connectivity index (χ3n) is 8.07. The predicted octanol–water partition coefficient (Wildman–Crippen LogP) is 4.53. The van der Waals surface area contributed by atoms with E-state index in [4.69, 9.17) is 9.72 Å². The molecule has 2 fully saturated rings. The summed E-state index contributed by atoms with van der Waals surface area (Å²) in [4.78, 5) is 34.3. The lowest BCUT2D eigenvalue weighted by atomic mass is 9.72. The zero-order valence-corrected chi connectivity index (χ0v) is 22.7. The second-order valence-corrected chi connectivity index (χ2v) is 10.8. The van der Waals surface area contributed by atoms with Gasteiger partial charge in [-0.2, -0.15) is 5.10 Å². The van der Waals surface area contributed by atoms with Crippen molar-refractivity contribution in [1.29, 1.82) is 0 Å². The fraction of sp³-hybridized carbons (Fsp3) is 0.267. The average Bonchev–Trinajstić information content (AvgIpc) is 3.45.